The third-order valence-corrected chi connectivity index (χ3v) is 4.75. The van der Waals surface area contributed by atoms with E-state index in [-0.39, 0.29) is 5.91 Å². The van der Waals surface area contributed by atoms with E-state index in [1.54, 1.807) is 11.8 Å². The van der Waals surface area contributed by atoms with Gasteiger partial charge in [0.1, 0.15) is 0 Å². The van der Waals surface area contributed by atoms with E-state index in [9.17, 15) is 4.79 Å². The molecule has 2 N–H and O–H groups in total. The molecule has 19 heavy (non-hydrogen) atoms. The summed E-state index contributed by atoms with van der Waals surface area (Å²) in [6, 6.07) is 8.09. The first kappa shape index (κ1) is 14.4. The van der Waals surface area contributed by atoms with E-state index in [0.29, 0.717) is 11.0 Å². The molecule has 3 nitrogen and oxygen atoms in total. The lowest BCUT2D eigenvalue weighted by Crippen LogP contribution is -2.30. The first-order valence-corrected chi connectivity index (χ1v) is 8.04. The molecular weight excluding hydrogens is 256 g/mol. The van der Waals surface area contributed by atoms with Crippen LogP contribution in [0.5, 0.6) is 0 Å². The first-order chi connectivity index (χ1) is 9.28. The molecule has 2 rings (SSSR count). The molecule has 1 fully saturated rings. The van der Waals surface area contributed by atoms with Crippen molar-refractivity contribution < 1.29 is 4.79 Å². The van der Waals surface area contributed by atoms with Crippen LogP contribution in [0.25, 0.3) is 0 Å². The van der Waals surface area contributed by atoms with E-state index >= 15 is 0 Å². The normalized spacial score (nSPS) is 16.3. The van der Waals surface area contributed by atoms with Crippen molar-refractivity contribution in [1.82, 2.24) is 5.32 Å². The highest BCUT2D eigenvalue weighted by atomic mass is 32.2. The van der Waals surface area contributed by atoms with Gasteiger partial charge in [0, 0.05) is 10.9 Å². The lowest BCUT2D eigenvalue weighted by Gasteiger charge is -2.21. The number of aryl methyl sites for hydroxylation is 1. The molecule has 0 unspecified atom stereocenters. The molecule has 1 saturated heterocycles. The Morgan fingerprint density at radius 1 is 1.32 bits per heavy atom. The summed E-state index contributed by atoms with van der Waals surface area (Å²) in [5, 5.41) is 6.93. The Bertz CT molecular complexity index is 399. The Morgan fingerprint density at radius 2 is 2.00 bits per heavy atom. The monoisotopic (exact) mass is 278 g/mol. The number of carbonyl (C=O) groups is 1. The predicted molar refractivity (Wildman–Crippen MR) is 82.8 cm³/mol. The minimum Gasteiger partial charge on any atom is -0.325 e. The highest BCUT2D eigenvalue weighted by Gasteiger charge is 2.14. The van der Waals surface area contributed by atoms with Gasteiger partial charge in [-0.15, -0.1) is 11.8 Å². The minimum atomic E-state index is 0.104. The number of nitrogens with one attached hydrogen (secondary N) is 2. The second kappa shape index (κ2) is 7.56. The number of anilines is 1. The van der Waals surface area contributed by atoms with Gasteiger partial charge in [-0.25, -0.2) is 0 Å². The smallest absolute Gasteiger partial charge is 0.234 e. The number of hydrogen-bond acceptors (Lipinski definition) is 3. The van der Waals surface area contributed by atoms with Crippen LogP contribution in [0.15, 0.2) is 24.3 Å². The molecule has 4 heteroatoms. The predicted octanol–water partition coefficient (Wildman–Crippen LogP) is 2.67. The standard InChI is InChI=1S/C15H22N2OS/c1-2-12-3-5-13(6-4-12)17-15(18)11-19-14-7-9-16-10-8-14/h3-6,14,16H,2,7-11H2,1H3,(H,17,18). The second-order valence-electron chi connectivity index (χ2n) is 4.86. The van der Waals surface area contributed by atoms with Crippen LogP contribution in [0.3, 0.4) is 0 Å². The molecule has 1 aromatic carbocycles. The number of benzene rings is 1. The molecule has 1 amide bonds. The molecule has 0 atom stereocenters. The van der Waals surface area contributed by atoms with Crippen LogP contribution >= 0.6 is 11.8 Å². The number of amides is 1. The molecular formula is C15H22N2OS. The third kappa shape index (κ3) is 4.88. The molecule has 0 radical (unpaired) electrons. The highest BCUT2D eigenvalue weighted by molar-refractivity contribution is 8.00. The summed E-state index contributed by atoms with van der Waals surface area (Å²) in [5.41, 5.74) is 2.19. The van der Waals surface area contributed by atoms with Crippen LogP contribution < -0.4 is 10.6 Å². The van der Waals surface area contributed by atoms with Gasteiger partial charge >= 0.3 is 0 Å². The molecule has 1 heterocycles. The second-order valence-corrected chi connectivity index (χ2v) is 6.15. The third-order valence-electron chi connectivity index (χ3n) is 3.38. The van der Waals surface area contributed by atoms with Crippen LogP contribution in [0.4, 0.5) is 5.69 Å². The molecule has 1 aromatic rings. The molecule has 0 aromatic heterocycles. The summed E-state index contributed by atoms with van der Waals surface area (Å²) in [4.78, 5) is 11.9. The maximum absolute atomic E-state index is 11.9. The summed E-state index contributed by atoms with van der Waals surface area (Å²) >= 11 is 1.78. The first-order valence-electron chi connectivity index (χ1n) is 6.99. The Hall–Kier alpha value is -1.00. The van der Waals surface area contributed by atoms with Crippen molar-refractivity contribution in [1.29, 1.82) is 0 Å². The van der Waals surface area contributed by atoms with Crippen molar-refractivity contribution in [3.05, 3.63) is 29.8 Å². The van der Waals surface area contributed by atoms with Gasteiger partial charge in [0.2, 0.25) is 5.91 Å². The van der Waals surface area contributed by atoms with Gasteiger partial charge in [-0.1, -0.05) is 19.1 Å². The fourth-order valence-corrected chi connectivity index (χ4v) is 3.20. The van der Waals surface area contributed by atoms with Gasteiger partial charge in [-0.3, -0.25) is 4.79 Å². The number of rotatable bonds is 5. The topological polar surface area (TPSA) is 41.1 Å². The fraction of sp³-hybridized carbons (Fsp3) is 0.533. The van der Waals surface area contributed by atoms with Gasteiger partial charge in [-0.2, -0.15) is 0 Å². The SMILES string of the molecule is CCc1ccc(NC(=O)CSC2CCNCC2)cc1. The van der Waals surface area contributed by atoms with Crippen LogP contribution in [0, 0.1) is 0 Å². The Labute approximate surface area is 119 Å². The fourth-order valence-electron chi connectivity index (χ4n) is 2.18. The minimum absolute atomic E-state index is 0.104. The van der Waals surface area contributed by atoms with Crippen LogP contribution in [0.2, 0.25) is 0 Å². The zero-order valence-electron chi connectivity index (χ0n) is 11.4. The number of thioether (sulfide) groups is 1. The zero-order valence-corrected chi connectivity index (χ0v) is 12.3. The molecule has 0 saturated carbocycles. The zero-order chi connectivity index (χ0) is 13.5. The van der Waals surface area contributed by atoms with Gasteiger partial charge in [0.15, 0.2) is 0 Å². The maximum atomic E-state index is 11.9. The lowest BCUT2D eigenvalue weighted by atomic mass is 10.1. The molecule has 0 bridgehead atoms. The average Bonchev–Trinajstić information content (AvgIpc) is 2.47. The molecule has 1 aliphatic rings. The molecule has 1 aliphatic heterocycles. The van der Waals surface area contributed by atoms with Crippen LogP contribution in [-0.4, -0.2) is 30.0 Å². The quantitative estimate of drug-likeness (QED) is 0.870. The largest absolute Gasteiger partial charge is 0.325 e. The van der Waals surface area contributed by atoms with E-state index in [1.165, 1.54) is 18.4 Å². The van der Waals surface area contributed by atoms with E-state index in [4.69, 9.17) is 0 Å². The number of hydrogen-bond donors (Lipinski definition) is 2. The molecule has 104 valence electrons. The van der Waals surface area contributed by atoms with Crippen molar-refractivity contribution in [2.75, 3.05) is 24.2 Å². The van der Waals surface area contributed by atoms with Gasteiger partial charge in [-0.05, 0) is 50.0 Å². The summed E-state index contributed by atoms with van der Waals surface area (Å²) in [7, 11) is 0. The van der Waals surface area contributed by atoms with Gasteiger partial charge in [0.05, 0.1) is 5.75 Å². The van der Waals surface area contributed by atoms with Crippen molar-refractivity contribution >= 4 is 23.4 Å². The van der Waals surface area contributed by atoms with Crippen molar-refractivity contribution in [2.45, 2.75) is 31.4 Å². The highest BCUT2D eigenvalue weighted by Crippen LogP contribution is 2.20. The summed E-state index contributed by atoms with van der Waals surface area (Å²) in [5.74, 6) is 0.660. The van der Waals surface area contributed by atoms with Crippen molar-refractivity contribution in [3.8, 4) is 0 Å². The summed E-state index contributed by atoms with van der Waals surface area (Å²) in [6.07, 6.45) is 3.37. The Morgan fingerprint density at radius 3 is 2.63 bits per heavy atom. The maximum Gasteiger partial charge on any atom is 0.234 e. The lowest BCUT2D eigenvalue weighted by molar-refractivity contribution is -0.113. The molecule has 0 aliphatic carbocycles. The van der Waals surface area contributed by atoms with E-state index in [0.717, 1.165) is 25.2 Å². The van der Waals surface area contributed by atoms with Gasteiger partial charge < -0.3 is 10.6 Å². The summed E-state index contributed by atoms with van der Waals surface area (Å²) < 4.78 is 0. The number of carbonyl (C=O) groups excluding carboxylic acids is 1. The van der Waals surface area contributed by atoms with E-state index < -0.39 is 0 Å². The van der Waals surface area contributed by atoms with Crippen molar-refractivity contribution in [2.24, 2.45) is 0 Å². The van der Waals surface area contributed by atoms with E-state index in [2.05, 4.69) is 29.7 Å². The summed E-state index contributed by atoms with van der Waals surface area (Å²) in [6.45, 7) is 4.29. The Balaban J connectivity index is 1.73. The van der Waals surface area contributed by atoms with Crippen LogP contribution in [0.1, 0.15) is 25.3 Å². The average molecular weight is 278 g/mol. The Kier molecular flexibility index (Phi) is 5.73. The molecule has 0 spiro atoms. The van der Waals surface area contributed by atoms with Crippen molar-refractivity contribution in [3.63, 3.8) is 0 Å². The van der Waals surface area contributed by atoms with Crippen LogP contribution in [-0.2, 0) is 11.2 Å². The number of piperidine rings is 1. The van der Waals surface area contributed by atoms with E-state index in [1.807, 2.05) is 12.1 Å². The van der Waals surface area contributed by atoms with Gasteiger partial charge in [0.25, 0.3) is 0 Å².